The molecule has 14 heavy (non-hydrogen) atoms. The summed E-state index contributed by atoms with van der Waals surface area (Å²) in [4.78, 5) is 21.2. The number of anilines is 1. The van der Waals surface area contributed by atoms with Gasteiger partial charge < -0.3 is 10.4 Å². The highest BCUT2D eigenvalue weighted by Crippen LogP contribution is 2.23. The lowest BCUT2D eigenvalue weighted by Crippen LogP contribution is -2.08. The molecule has 0 radical (unpaired) electrons. The average molecular weight is 193 g/mol. The summed E-state index contributed by atoms with van der Waals surface area (Å²) in [6.45, 7) is 3.44. The molecule has 1 amide bonds. The van der Waals surface area contributed by atoms with E-state index < -0.39 is 5.97 Å². The monoisotopic (exact) mass is 193 g/mol. The normalized spacial score (nSPS) is 9.57. The van der Waals surface area contributed by atoms with E-state index in [4.69, 9.17) is 5.11 Å². The van der Waals surface area contributed by atoms with Crippen molar-refractivity contribution in [2.24, 2.45) is 0 Å². The maximum absolute atomic E-state index is 10.9. The summed E-state index contributed by atoms with van der Waals surface area (Å²) in [5.41, 5.74) is 1.89. The number of carbonyl (C=O) groups excluding carboxylic acids is 1. The van der Waals surface area contributed by atoms with Gasteiger partial charge >= 0.3 is 5.97 Å². The van der Waals surface area contributed by atoms with Crippen LogP contribution in [0.5, 0.6) is 0 Å². The summed E-state index contributed by atoms with van der Waals surface area (Å²) in [6.07, 6.45) is 0.480. The van der Waals surface area contributed by atoms with Crippen LogP contribution >= 0.6 is 0 Å². The van der Waals surface area contributed by atoms with Gasteiger partial charge in [-0.2, -0.15) is 0 Å². The summed E-state index contributed by atoms with van der Waals surface area (Å²) in [6, 6.07) is 3.49. The summed E-state index contributed by atoms with van der Waals surface area (Å²) in [7, 11) is 0. The highest BCUT2D eigenvalue weighted by atomic mass is 16.4. The van der Waals surface area contributed by atoms with Crippen LogP contribution in [-0.2, 0) is 4.79 Å². The first kappa shape index (κ1) is 10.2. The zero-order valence-electron chi connectivity index (χ0n) is 8.00. The van der Waals surface area contributed by atoms with Crippen LogP contribution in [0.4, 0.5) is 5.69 Å². The van der Waals surface area contributed by atoms with Gasteiger partial charge in [-0.15, -0.1) is 0 Å². The number of benzene rings is 1. The summed E-state index contributed by atoms with van der Waals surface area (Å²) in [5.74, 6) is -1.03. The lowest BCUT2D eigenvalue weighted by molar-refractivity contribution is -0.105. The van der Waals surface area contributed by atoms with Crippen LogP contribution in [0, 0.1) is 13.8 Å². The molecule has 0 bridgehead atoms. The number of hydrogen-bond donors (Lipinski definition) is 2. The lowest BCUT2D eigenvalue weighted by atomic mass is 10.0. The van der Waals surface area contributed by atoms with Crippen LogP contribution in [0.3, 0.4) is 0 Å². The van der Waals surface area contributed by atoms with Crippen molar-refractivity contribution in [2.75, 3.05) is 5.32 Å². The van der Waals surface area contributed by atoms with E-state index in [9.17, 15) is 9.59 Å². The zero-order chi connectivity index (χ0) is 10.7. The van der Waals surface area contributed by atoms with Gasteiger partial charge in [0, 0.05) is 0 Å². The van der Waals surface area contributed by atoms with E-state index in [0.29, 0.717) is 17.7 Å². The molecule has 1 aromatic rings. The third kappa shape index (κ3) is 1.74. The number of hydrogen-bond acceptors (Lipinski definition) is 2. The fourth-order valence-electron chi connectivity index (χ4n) is 1.33. The Balaban J connectivity index is 3.40. The van der Waals surface area contributed by atoms with Gasteiger partial charge in [0.15, 0.2) is 0 Å². The van der Waals surface area contributed by atoms with Gasteiger partial charge in [0.25, 0.3) is 0 Å². The Morgan fingerprint density at radius 1 is 1.36 bits per heavy atom. The van der Waals surface area contributed by atoms with Crippen LogP contribution in [0.15, 0.2) is 12.1 Å². The standard InChI is InChI=1S/C10H11NO3/c1-6-3-4-7(2)9(11-5-12)8(6)10(13)14/h3-5H,1-2H3,(H,11,12)(H,13,14). The third-order valence-corrected chi connectivity index (χ3v) is 2.04. The molecule has 4 nitrogen and oxygen atoms in total. The van der Waals surface area contributed by atoms with Crippen molar-refractivity contribution in [1.82, 2.24) is 0 Å². The van der Waals surface area contributed by atoms with Crippen LogP contribution in [0.1, 0.15) is 21.5 Å². The Bertz CT molecular complexity index is 385. The van der Waals surface area contributed by atoms with Crippen LogP contribution < -0.4 is 5.32 Å². The molecule has 0 fully saturated rings. The van der Waals surface area contributed by atoms with Gasteiger partial charge in [-0.1, -0.05) is 12.1 Å². The minimum atomic E-state index is -1.03. The van der Waals surface area contributed by atoms with Crippen molar-refractivity contribution < 1.29 is 14.7 Å². The maximum Gasteiger partial charge on any atom is 0.338 e. The summed E-state index contributed by atoms with van der Waals surface area (Å²) < 4.78 is 0. The Hall–Kier alpha value is -1.84. The van der Waals surface area contributed by atoms with Crippen molar-refractivity contribution >= 4 is 18.1 Å². The smallest absolute Gasteiger partial charge is 0.338 e. The first-order valence-electron chi connectivity index (χ1n) is 4.11. The number of carbonyl (C=O) groups is 2. The van der Waals surface area contributed by atoms with E-state index >= 15 is 0 Å². The largest absolute Gasteiger partial charge is 0.478 e. The predicted molar refractivity (Wildman–Crippen MR) is 52.6 cm³/mol. The molecule has 0 aromatic heterocycles. The van der Waals surface area contributed by atoms with Gasteiger partial charge in [-0.05, 0) is 25.0 Å². The molecule has 4 heteroatoms. The number of amides is 1. The SMILES string of the molecule is Cc1ccc(C)c(C(=O)O)c1NC=O. The molecule has 0 spiro atoms. The molecular weight excluding hydrogens is 182 g/mol. The second-order valence-electron chi connectivity index (χ2n) is 3.02. The Morgan fingerprint density at radius 3 is 2.43 bits per heavy atom. The number of carboxylic acid groups (broad SMARTS) is 1. The van der Waals surface area contributed by atoms with E-state index in [1.165, 1.54) is 0 Å². The minimum Gasteiger partial charge on any atom is -0.478 e. The molecule has 1 rings (SSSR count). The molecule has 0 aliphatic rings. The molecule has 0 aliphatic heterocycles. The van der Waals surface area contributed by atoms with Gasteiger partial charge in [-0.3, -0.25) is 4.79 Å². The average Bonchev–Trinajstić information content (AvgIpc) is 2.11. The Morgan fingerprint density at radius 2 is 1.93 bits per heavy atom. The fourth-order valence-corrected chi connectivity index (χ4v) is 1.33. The zero-order valence-corrected chi connectivity index (χ0v) is 8.00. The fraction of sp³-hybridized carbons (Fsp3) is 0.200. The van der Waals surface area contributed by atoms with Crippen molar-refractivity contribution in [3.8, 4) is 0 Å². The minimum absolute atomic E-state index is 0.150. The summed E-state index contributed by atoms with van der Waals surface area (Å²) in [5, 5.41) is 11.3. The molecule has 74 valence electrons. The lowest BCUT2D eigenvalue weighted by Gasteiger charge is -2.10. The molecule has 2 N–H and O–H groups in total. The Kier molecular flexibility index (Phi) is 2.86. The van der Waals surface area contributed by atoms with Crippen molar-refractivity contribution in [2.45, 2.75) is 13.8 Å². The number of rotatable bonds is 3. The number of aryl methyl sites for hydroxylation is 2. The van der Waals surface area contributed by atoms with Gasteiger partial charge in [-0.25, -0.2) is 4.79 Å². The molecule has 0 atom stereocenters. The van der Waals surface area contributed by atoms with Crippen molar-refractivity contribution in [3.63, 3.8) is 0 Å². The van der Waals surface area contributed by atoms with E-state index in [-0.39, 0.29) is 5.56 Å². The number of aromatic carboxylic acids is 1. The van der Waals surface area contributed by atoms with E-state index in [2.05, 4.69) is 5.32 Å². The van der Waals surface area contributed by atoms with E-state index in [1.807, 2.05) is 0 Å². The molecule has 0 saturated heterocycles. The highest BCUT2D eigenvalue weighted by Gasteiger charge is 2.14. The predicted octanol–water partition coefficient (Wildman–Crippen LogP) is 1.57. The number of carboxylic acids is 1. The highest BCUT2D eigenvalue weighted by molar-refractivity contribution is 5.99. The van der Waals surface area contributed by atoms with Gasteiger partial charge in [0.1, 0.15) is 0 Å². The second kappa shape index (κ2) is 3.91. The van der Waals surface area contributed by atoms with E-state index in [1.54, 1.807) is 26.0 Å². The topological polar surface area (TPSA) is 66.4 Å². The van der Waals surface area contributed by atoms with Crippen molar-refractivity contribution in [1.29, 1.82) is 0 Å². The molecule has 0 saturated carbocycles. The number of nitrogens with one attached hydrogen (secondary N) is 1. The van der Waals surface area contributed by atoms with Crippen molar-refractivity contribution in [3.05, 3.63) is 28.8 Å². The molecule has 0 aliphatic carbocycles. The van der Waals surface area contributed by atoms with Gasteiger partial charge in [0.2, 0.25) is 6.41 Å². The van der Waals surface area contributed by atoms with Gasteiger partial charge in [0.05, 0.1) is 11.3 Å². The van der Waals surface area contributed by atoms with E-state index in [0.717, 1.165) is 5.56 Å². The molecular formula is C10H11NO3. The quantitative estimate of drug-likeness (QED) is 0.716. The third-order valence-electron chi connectivity index (χ3n) is 2.04. The van der Waals surface area contributed by atoms with Crippen LogP contribution in [0.2, 0.25) is 0 Å². The molecule has 1 aromatic carbocycles. The van der Waals surface area contributed by atoms with Crippen LogP contribution in [0.25, 0.3) is 0 Å². The summed E-state index contributed by atoms with van der Waals surface area (Å²) >= 11 is 0. The molecule has 0 unspecified atom stereocenters. The molecule has 0 heterocycles. The maximum atomic E-state index is 10.9. The Labute approximate surface area is 81.6 Å². The second-order valence-corrected chi connectivity index (χ2v) is 3.02. The van der Waals surface area contributed by atoms with Crippen LogP contribution in [-0.4, -0.2) is 17.5 Å². The first-order chi connectivity index (χ1) is 6.57. The first-order valence-corrected chi connectivity index (χ1v) is 4.11.